The Morgan fingerprint density at radius 2 is 1.14 bits per heavy atom. The van der Waals surface area contributed by atoms with E-state index in [1.807, 2.05) is 20.8 Å². The molecule has 0 aromatic carbocycles. The van der Waals surface area contributed by atoms with E-state index in [2.05, 4.69) is 84.9 Å². The Labute approximate surface area is 382 Å². The molecule has 0 radical (unpaired) electrons. The molecule has 1 rings (SSSR count). The predicted octanol–water partition coefficient (Wildman–Crippen LogP) is 11.2. The highest BCUT2D eigenvalue weighted by Gasteiger charge is 2.44. The zero-order chi connectivity index (χ0) is 48.8. The summed E-state index contributed by atoms with van der Waals surface area (Å²) in [5.74, 6) is -3.66. The molecule has 2 N–H and O–H groups in total. The second kappa shape index (κ2) is 24.0. The molecule has 0 spiro atoms. The largest absolute Gasteiger partial charge is 0.465 e. The quantitative estimate of drug-likeness (QED) is 0.0713. The normalized spacial score (nSPS) is 14.9. The molecule has 364 valence electrons. The molecule has 0 aliphatic heterocycles. The Hall–Kier alpha value is -3.64. The molecule has 0 bridgehead atoms. The number of esters is 2. The summed E-state index contributed by atoms with van der Waals surface area (Å²) >= 11 is 0. The summed E-state index contributed by atoms with van der Waals surface area (Å²) < 4.78 is 24.6. The van der Waals surface area contributed by atoms with Crippen LogP contribution in [0.1, 0.15) is 195 Å². The van der Waals surface area contributed by atoms with Crippen LogP contribution < -0.4 is 10.6 Å². The number of hydrogen-bond donors (Lipinski definition) is 2. The van der Waals surface area contributed by atoms with Gasteiger partial charge in [0.2, 0.25) is 5.91 Å². The fourth-order valence-corrected chi connectivity index (χ4v) is 8.96. The lowest BCUT2D eigenvalue weighted by atomic mass is 9.73. The lowest BCUT2D eigenvalue weighted by Crippen LogP contribution is -2.58. The fourth-order valence-electron chi connectivity index (χ4n) is 8.96. The Morgan fingerprint density at radius 3 is 1.57 bits per heavy atom. The number of nitrogens with zero attached hydrogens (tertiary/aromatic N) is 2. The number of nitrogens with one attached hydrogen (secondary N) is 2. The number of amides is 2. The summed E-state index contributed by atoms with van der Waals surface area (Å²) in [6.07, 6.45) is 9.40. The summed E-state index contributed by atoms with van der Waals surface area (Å²) in [6, 6.07) is -2.71. The standard InChI is InChI=1S/C50H90N4O9/c1-20-23-25-47(12,13)30-49(16,17)32-60-41(56)35(22-3)38(34(4)5)39(42(57)61-33-50(18,19)31-48(14,15)26-24-21-2)53-40(55)36(52-43(58)62-45(6,7)8)29-37-51-27-28-54(37)44(59)63-46(9,10)11/h27-28,34-36,38-39H,20-26,29-33H2,1-19H3,(H,52,58)(H,53,55). The molecule has 2 amide bonds. The molecular formula is C50H90N4O9. The average molecular weight is 891 g/mol. The molecule has 4 unspecified atom stereocenters. The number of rotatable bonds is 25. The van der Waals surface area contributed by atoms with Gasteiger partial charge in [0.1, 0.15) is 29.1 Å². The first-order valence-corrected chi connectivity index (χ1v) is 23.6. The maximum atomic E-state index is 14.7. The molecule has 13 heteroatoms. The van der Waals surface area contributed by atoms with Gasteiger partial charge in [-0.2, -0.15) is 0 Å². The van der Waals surface area contributed by atoms with Crippen molar-refractivity contribution in [2.45, 2.75) is 219 Å². The maximum Gasteiger partial charge on any atom is 0.419 e. The van der Waals surface area contributed by atoms with E-state index in [9.17, 15) is 24.0 Å². The predicted molar refractivity (Wildman–Crippen MR) is 250 cm³/mol. The number of alkyl carbamates (subject to hydrolysis) is 1. The topological polar surface area (TPSA) is 164 Å². The summed E-state index contributed by atoms with van der Waals surface area (Å²) in [7, 11) is 0. The third-order valence-corrected chi connectivity index (χ3v) is 11.2. The highest BCUT2D eigenvalue weighted by atomic mass is 16.6. The van der Waals surface area contributed by atoms with Crippen molar-refractivity contribution in [2.24, 2.45) is 39.4 Å². The van der Waals surface area contributed by atoms with Crippen molar-refractivity contribution in [1.29, 1.82) is 0 Å². The minimum atomic E-state index is -1.38. The fraction of sp³-hybridized carbons (Fsp3) is 0.840. The van der Waals surface area contributed by atoms with Crippen LogP contribution in [0.2, 0.25) is 0 Å². The van der Waals surface area contributed by atoms with Gasteiger partial charge < -0.3 is 29.6 Å². The molecule has 1 aromatic heterocycles. The Morgan fingerprint density at radius 1 is 0.667 bits per heavy atom. The van der Waals surface area contributed by atoms with Gasteiger partial charge in [0.05, 0.1) is 19.1 Å². The van der Waals surface area contributed by atoms with Gasteiger partial charge in [-0.1, -0.05) is 116 Å². The van der Waals surface area contributed by atoms with Gasteiger partial charge in [0, 0.05) is 24.7 Å². The zero-order valence-electron chi connectivity index (χ0n) is 43.1. The first-order valence-electron chi connectivity index (χ1n) is 23.6. The van der Waals surface area contributed by atoms with Crippen molar-refractivity contribution in [3.63, 3.8) is 0 Å². The molecule has 0 saturated carbocycles. The number of carbonyl (C=O) groups excluding carboxylic acids is 5. The van der Waals surface area contributed by atoms with E-state index in [-0.39, 0.29) is 47.6 Å². The first kappa shape index (κ1) is 57.4. The molecular weight excluding hydrogens is 801 g/mol. The van der Waals surface area contributed by atoms with Crippen molar-refractivity contribution >= 4 is 30.0 Å². The van der Waals surface area contributed by atoms with Gasteiger partial charge >= 0.3 is 24.1 Å². The number of aromatic nitrogens is 2. The second-order valence-electron chi connectivity index (χ2n) is 23.4. The van der Waals surface area contributed by atoms with E-state index >= 15 is 0 Å². The number of unbranched alkanes of at least 4 members (excludes halogenated alkanes) is 2. The van der Waals surface area contributed by atoms with Gasteiger partial charge in [-0.3, -0.25) is 9.59 Å². The molecule has 0 saturated heterocycles. The summed E-state index contributed by atoms with van der Waals surface area (Å²) in [5, 5.41) is 5.58. The van der Waals surface area contributed by atoms with Crippen LogP contribution in [-0.4, -0.2) is 76.1 Å². The van der Waals surface area contributed by atoms with Crippen molar-refractivity contribution in [2.75, 3.05) is 13.2 Å². The molecule has 0 aliphatic carbocycles. The van der Waals surface area contributed by atoms with Gasteiger partial charge in [-0.15, -0.1) is 0 Å². The van der Waals surface area contributed by atoms with E-state index in [1.54, 1.807) is 41.5 Å². The van der Waals surface area contributed by atoms with Crippen LogP contribution in [0.3, 0.4) is 0 Å². The molecule has 0 aliphatic rings. The van der Waals surface area contributed by atoms with Crippen molar-refractivity contribution in [1.82, 2.24) is 20.2 Å². The average Bonchev–Trinajstić information content (AvgIpc) is 3.58. The minimum Gasteiger partial charge on any atom is -0.465 e. The van der Waals surface area contributed by atoms with Crippen LogP contribution in [0.4, 0.5) is 9.59 Å². The Kier molecular flexibility index (Phi) is 21.9. The van der Waals surface area contributed by atoms with E-state index in [1.165, 1.54) is 17.0 Å². The lowest BCUT2D eigenvalue weighted by Gasteiger charge is -2.38. The molecule has 1 aromatic rings. The maximum absolute atomic E-state index is 14.7. The summed E-state index contributed by atoms with van der Waals surface area (Å²) in [4.78, 5) is 74.5. The van der Waals surface area contributed by atoms with Gasteiger partial charge in [-0.25, -0.2) is 23.9 Å². The molecule has 1 heterocycles. The van der Waals surface area contributed by atoms with E-state index < -0.39 is 70.6 Å². The number of ether oxygens (including phenoxy) is 4. The minimum absolute atomic E-state index is 0.00160. The molecule has 4 atom stereocenters. The molecule has 63 heavy (non-hydrogen) atoms. The highest BCUT2D eigenvalue weighted by molar-refractivity contribution is 5.90. The Bertz CT molecular complexity index is 1610. The highest BCUT2D eigenvalue weighted by Crippen LogP contribution is 2.40. The van der Waals surface area contributed by atoms with Crippen LogP contribution >= 0.6 is 0 Å². The van der Waals surface area contributed by atoms with Gasteiger partial charge in [0.15, 0.2) is 0 Å². The number of carbonyl (C=O) groups is 5. The summed E-state index contributed by atoms with van der Waals surface area (Å²) in [5.41, 5.74) is -2.38. The molecule has 0 fully saturated rings. The third-order valence-electron chi connectivity index (χ3n) is 11.2. The van der Waals surface area contributed by atoms with Crippen molar-refractivity contribution in [3.05, 3.63) is 18.2 Å². The zero-order valence-corrected chi connectivity index (χ0v) is 43.1. The third kappa shape index (κ3) is 21.7. The van der Waals surface area contributed by atoms with Crippen LogP contribution in [0.25, 0.3) is 0 Å². The monoisotopic (exact) mass is 891 g/mol. The van der Waals surface area contributed by atoms with E-state index in [0.717, 1.165) is 51.4 Å². The Balaban J connectivity index is 3.77. The van der Waals surface area contributed by atoms with Crippen molar-refractivity contribution in [3.8, 4) is 0 Å². The van der Waals surface area contributed by atoms with E-state index in [0.29, 0.717) is 6.42 Å². The lowest BCUT2D eigenvalue weighted by molar-refractivity contribution is -0.161. The van der Waals surface area contributed by atoms with Crippen LogP contribution in [0.15, 0.2) is 12.4 Å². The summed E-state index contributed by atoms with van der Waals surface area (Å²) in [6.45, 7) is 37.9. The number of hydrogen-bond acceptors (Lipinski definition) is 10. The van der Waals surface area contributed by atoms with E-state index in [4.69, 9.17) is 18.9 Å². The van der Waals surface area contributed by atoms with Gasteiger partial charge in [0.25, 0.3) is 0 Å². The second-order valence-corrected chi connectivity index (χ2v) is 23.4. The number of imidazole rings is 1. The van der Waals surface area contributed by atoms with Crippen molar-refractivity contribution < 1.29 is 42.9 Å². The van der Waals surface area contributed by atoms with Gasteiger partial charge in [-0.05, 0) is 101 Å². The molecule has 13 nitrogen and oxygen atoms in total. The smallest absolute Gasteiger partial charge is 0.419 e. The van der Waals surface area contributed by atoms with Crippen LogP contribution in [0.5, 0.6) is 0 Å². The SMILES string of the molecule is CCCCC(C)(C)CC(C)(C)COC(=O)C(CC)C(C(C)C)C(NC(=O)C(Cc1nccn1C(=O)OC(C)(C)C)NC(=O)OC(C)(C)C)C(=O)OCC(C)(C)CC(C)(C)CCCC. The van der Waals surface area contributed by atoms with Crippen LogP contribution in [0, 0.1) is 39.4 Å². The van der Waals surface area contributed by atoms with Crippen LogP contribution in [-0.2, 0) is 39.8 Å². The first-order chi connectivity index (χ1) is 28.7.